The van der Waals surface area contributed by atoms with Crippen LogP contribution in [0.3, 0.4) is 0 Å². The molecule has 0 radical (unpaired) electrons. The summed E-state index contributed by atoms with van der Waals surface area (Å²) in [6.45, 7) is 4.01. The van der Waals surface area contributed by atoms with Crippen molar-refractivity contribution >= 4 is 10.0 Å². The molecular weight excluding hydrogens is 320 g/mol. The monoisotopic (exact) mass is 346 g/mol. The summed E-state index contributed by atoms with van der Waals surface area (Å²) in [7, 11) is -3.69. The van der Waals surface area contributed by atoms with Crippen LogP contribution in [0.25, 0.3) is 0 Å². The van der Waals surface area contributed by atoms with E-state index in [1.54, 1.807) is 24.3 Å². The van der Waals surface area contributed by atoms with E-state index in [9.17, 15) is 8.42 Å². The summed E-state index contributed by atoms with van der Waals surface area (Å²) < 4.78 is 28.6. The third kappa shape index (κ3) is 2.81. The van der Waals surface area contributed by atoms with Gasteiger partial charge in [0.25, 0.3) is 10.0 Å². The summed E-state index contributed by atoms with van der Waals surface area (Å²) in [4.78, 5) is 0.231. The molecule has 4 nitrogen and oxygen atoms in total. The average Bonchev–Trinajstić information content (AvgIpc) is 2.52. The molecule has 0 amide bonds. The first-order valence-electron chi connectivity index (χ1n) is 9.10. The molecule has 0 heterocycles. The Morgan fingerprint density at radius 2 is 1.50 bits per heavy atom. The third-order valence-corrected chi connectivity index (χ3v) is 7.80. The van der Waals surface area contributed by atoms with E-state index in [1.165, 1.54) is 38.5 Å². The van der Waals surface area contributed by atoms with E-state index in [2.05, 4.69) is 16.6 Å². The lowest BCUT2D eigenvalue weighted by atomic mass is 9.48. The van der Waals surface area contributed by atoms with Gasteiger partial charge >= 0.3 is 0 Å². The van der Waals surface area contributed by atoms with Crippen molar-refractivity contribution in [1.29, 1.82) is 0 Å². The van der Waals surface area contributed by atoms with Gasteiger partial charge < -0.3 is 0 Å². The van der Waals surface area contributed by atoms with Crippen LogP contribution in [0.2, 0.25) is 0 Å². The van der Waals surface area contributed by atoms with Gasteiger partial charge in [-0.15, -0.1) is 0 Å². The topological polar surface area (TPSA) is 58.9 Å². The maximum absolute atomic E-state index is 12.4. The molecule has 24 heavy (non-hydrogen) atoms. The van der Waals surface area contributed by atoms with Gasteiger partial charge in [-0.1, -0.05) is 22.2 Å². The molecule has 5 heteroatoms. The van der Waals surface area contributed by atoms with Gasteiger partial charge in [0, 0.05) is 0 Å². The van der Waals surface area contributed by atoms with Crippen molar-refractivity contribution < 1.29 is 8.42 Å². The number of rotatable bonds is 4. The van der Waals surface area contributed by atoms with Crippen molar-refractivity contribution in [2.75, 3.05) is 0 Å². The number of sulfonamides is 1. The molecule has 0 N–H and O–H groups in total. The standard InChI is InChI=1S/C19H26N2O2S/c1-13-3-5-18(6-4-13)24(22,23)21-20-14(2)19-10-15-7-16(11-19)9-17(8-15)12-19/h3-6,14-17H,7-12H2,1-2H3/t14-,15?,16?,17?,19?/m0/s1. The first-order chi connectivity index (χ1) is 11.4. The van der Waals surface area contributed by atoms with Crippen LogP contribution in [0, 0.1) is 30.1 Å². The highest BCUT2D eigenvalue weighted by Gasteiger charge is 2.53. The zero-order valence-corrected chi connectivity index (χ0v) is 15.3. The van der Waals surface area contributed by atoms with Crippen molar-refractivity contribution in [3.8, 4) is 0 Å². The lowest BCUT2D eigenvalue weighted by molar-refractivity contribution is -0.0642. The third-order valence-electron chi connectivity index (χ3n) is 6.62. The van der Waals surface area contributed by atoms with Gasteiger partial charge in [-0.05, 0) is 87.7 Å². The molecule has 0 aliphatic heterocycles. The smallest absolute Gasteiger partial charge is 0.198 e. The molecule has 0 unspecified atom stereocenters. The van der Waals surface area contributed by atoms with E-state index < -0.39 is 10.0 Å². The lowest BCUT2D eigenvalue weighted by Gasteiger charge is -2.58. The van der Waals surface area contributed by atoms with Gasteiger partial charge in [-0.3, -0.25) is 0 Å². The minimum Gasteiger partial charge on any atom is -0.198 e. The van der Waals surface area contributed by atoms with Gasteiger partial charge in [0.1, 0.15) is 0 Å². The van der Waals surface area contributed by atoms with Crippen molar-refractivity contribution in [2.45, 2.75) is 63.3 Å². The molecular formula is C19H26N2O2S. The summed E-state index contributed by atoms with van der Waals surface area (Å²) in [6, 6.07) is 6.81. The Morgan fingerprint density at radius 3 is 2.00 bits per heavy atom. The van der Waals surface area contributed by atoms with E-state index >= 15 is 0 Å². The minimum absolute atomic E-state index is 0.00822. The molecule has 4 saturated carbocycles. The van der Waals surface area contributed by atoms with Gasteiger partial charge in [-0.25, -0.2) is 0 Å². The number of hydrogen-bond acceptors (Lipinski definition) is 3. The molecule has 4 bridgehead atoms. The van der Waals surface area contributed by atoms with Gasteiger partial charge in [-0.2, -0.15) is 13.5 Å². The highest BCUT2D eigenvalue weighted by Crippen LogP contribution is 2.61. The Bertz CT molecular complexity index is 717. The van der Waals surface area contributed by atoms with E-state index in [-0.39, 0.29) is 16.4 Å². The summed E-state index contributed by atoms with van der Waals surface area (Å²) in [5.74, 6) is 2.51. The Labute approximate surface area is 144 Å². The number of aryl methyl sites for hydroxylation is 1. The van der Waals surface area contributed by atoms with Gasteiger partial charge in [0.15, 0.2) is 0 Å². The highest BCUT2D eigenvalue weighted by atomic mass is 32.2. The Kier molecular flexibility index (Phi) is 3.83. The van der Waals surface area contributed by atoms with Crippen LogP contribution in [0.1, 0.15) is 51.0 Å². The fourth-order valence-corrected chi connectivity index (χ4v) is 6.54. The van der Waals surface area contributed by atoms with Gasteiger partial charge in [0.05, 0.1) is 10.9 Å². The maximum Gasteiger partial charge on any atom is 0.299 e. The van der Waals surface area contributed by atoms with E-state index in [0.29, 0.717) is 0 Å². The number of benzene rings is 1. The SMILES string of the molecule is Cc1ccc(S(=O)(=O)N=N[C@@H](C)C23CC4CC(CC(C4)C2)C3)cc1. The predicted molar refractivity (Wildman–Crippen MR) is 93.3 cm³/mol. The first kappa shape index (κ1) is 16.2. The number of hydrogen-bond donors (Lipinski definition) is 0. The van der Waals surface area contributed by atoms with Crippen molar-refractivity contribution in [3.05, 3.63) is 29.8 Å². The van der Waals surface area contributed by atoms with E-state index in [4.69, 9.17) is 0 Å². The summed E-state index contributed by atoms with van der Waals surface area (Å²) >= 11 is 0. The summed E-state index contributed by atoms with van der Waals surface area (Å²) in [5.41, 5.74) is 1.23. The second-order valence-electron chi connectivity index (χ2n) is 8.44. The number of nitrogens with zero attached hydrogens (tertiary/aromatic N) is 2. The van der Waals surface area contributed by atoms with Crippen LogP contribution in [0.4, 0.5) is 0 Å². The van der Waals surface area contributed by atoms with Crippen molar-refractivity contribution in [1.82, 2.24) is 0 Å². The first-order valence-corrected chi connectivity index (χ1v) is 10.5. The Hall–Kier alpha value is -1.23. The molecule has 0 saturated heterocycles. The second-order valence-corrected chi connectivity index (χ2v) is 10.0. The summed E-state index contributed by atoms with van der Waals surface area (Å²) in [5, 5.41) is 4.32. The van der Waals surface area contributed by atoms with Crippen molar-refractivity contribution in [2.24, 2.45) is 32.8 Å². The zero-order chi connectivity index (χ0) is 16.9. The second kappa shape index (κ2) is 5.65. The van der Waals surface area contributed by atoms with Crippen LogP contribution in [-0.4, -0.2) is 14.5 Å². The predicted octanol–water partition coefficient (Wildman–Crippen LogP) is 4.74. The van der Waals surface area contributed by atoms with E-state index in [0.717, 1.165) is 23.3 Å². The van der Waals surface area contributed by atoms with Crippen LogP contribution in [0.5, 0.6) is 0 Å². The highest BCUT2D eigenvalue weighted by molar-refractivity contribution is 7.90. The maximum atomic E-state index is 12.4. The average molecular weight is 346 g/mol. The van der Waals surface area contributed by atoms with E-state index in [1.807, 2.05) is 6.92 Å². The largest absolute Gasteiger partial charge is 0.299 e. The molecule has 4 fully saturated rings. The molecule has 1 atom stereocenters. The van der Waals surface area contributed by atoms with Crippen LogP contribution < -0.4 is 0 Å². The molecule has 5 rings (SSSR count). The molecule has 1 aromatic rings. The van der Waals surface area contributed by atoms with Crippen molar-refractivity contribution in [3.63, 3.8) is 0 Å². The quantitative estimate of drug-likeness (QED) is 0.739. The normalized spacial score (nSPS) is 36.3. The van der Waals surface area contributed by atoms with Crippen LogP contribution in [0.15, 0.2) is 38.8 Å². The molecule has 0 spiro atoms. The Balaban J connectivity index is 1.54. The zero-order valence-electron chi connectivity index (χ0n) is 14.5. The Morgan fingerprint density at radius 1 is 1.00 bits per heavy atom. The molecule has 4 aliphatic carbocycles. The fourth-order valence-electron chi connectivity index (χ4n) is 5.70. The minimum atomic E-state index is -3.69. The van der Waals surface area contributed by atoms with Gasteiger partial charge in [0.2, 0.25) is 0 Å². The lowest BCUT2D eigenvalue weighted by Crippen LogP contribution is -2.50. The molecule has 4 aliphatic rings. The summed E-state index contributed by atoms with van der Waals surface area (Å²) in [6.07, 6.45) is 7.78. The molecule has 130 valence electrons. The molecule has 0 aromatic heterocycles. The van der Waals surface area contributed by atoms with Crippen LogP contribution in [-0.2, 0) is 10.0 Å². The van der Waals surface area contributed by atoms with Crippen LogP contribution >= 0.6 is 0 Å². The molecule has 1 aromatic carbocycles. The fraction of sp³-hybridized carbons (Fsp3) is 0.684.